The van der Waals surface area contributed by atoms with E-state index in [2.05, 4.69) is 0 Å². The van der Waals surface area contributed by atoms with E-state index in [0.29, 0.717) is 37.1 Å². The van der Waals surface area contributed by atoms with Crippen LogP contribution < -0.4 is 15.4 Å². The first-order chi connectivity index (χ1) is 15.6. The summed E-state index contributed by atoms with van der Waals surface area (Å²) in [4.78, 5) is 28.1. The van der Waals surface area contributed by atoms with E-state index in [4.69, 9.17) is 10.5 Å². The fraction of sp³-hybridized carbons (Fsp3) is 0.417. The summed E-state index contributed by atoms with van der Waals surface area (Å²) in [7, 11) is 1.50. The maximum Gasteiger partial charge on any atom is 0.416 e. The highest BCUT2D eigenvalue weighted by Crippen LogP contribution is 2.44. The Hall–Kier alpha value is -3.23. The molecule has 0 saturated heterocycles. The molecule has 1 heterocycles. The van der Waals surface area contributed by atoms with Crippen LogP contribution in [-0.4, -0.2) is 30.0 Å². The number of hydrogen-bond acceptors (Lipinski definition) is 3. The number of alkyl halides is 3. The fourth-order valence-electron chi connectivity index (χ4n) is 4.84. The second kappa shape index (κ2) is 8.61. The van der Waals surface area contributed by atoms with Crippen molar-refractivity contribution >= 4 is 23.3 Å². The largest absolute Gasteiger partial charge is 0.496 e. The van der Waals surface area contributed by atoms with Crippen LogP contribution in [0.2, 0.25) is 0 Å². The van der Waals surface area contributed by atoms with Crippen LogP contribution in [0.1, 0.15) is 42.4 Å². The van der Waals surface area contributed by atoms with Crippen molar-refractivity contribution < 1.29 is 27.5 Å². The number of anilines is 2. The van der Waals surface area contributed by atoms with Gasteiger partial charge in [-0.3, -0.25) is 9.69 Å². The number of ether oxygens (including phenoxy) is 1. The maximum absolute atomic E-state index is 13.9. The molecule has 2 aliphatic rings. The van der Waals surface area contributed by atoms with E-state index in [-0.39, 0.29) is 35.7 Å². The lowest BCUT2D eigenvalue weighted by Crippen LogP contribution is -2.51. The number of hydrogen-bond donors (Lipinski definition) is 1. The first kappa shape index (κ1) is 22.9. The minimum Gasteiger partial charge on any atom is -0.496 e. The van der Waals surface area contributed by atoms with Crippen molar-refractivity contribution in [2.45, 2.75) is 51.4 Å². The van der Waals surface area contributed by atoms with Crippen molar-refractivity contribution in [3.05, 3.63) is 53.1 Å². The number of methoxy groups -OCH3 is 1. The summed E-state index contributed by atoms with van der Waals surface area (Å²) in [5, 5.41) is 0. The van der Waals surface area contributed by atoms with Gasteiger partial charge >= 0.3 is 12.2 Å². The van der Waals surface area contributed by atoms with Gasteiger partial charge in [-0.05, 0) is 56.4 Å². The van der Waals surface area contributed by atoms with Crippen molar-refractivity contribution in [3.8, 4) is 5.75 Å². The SMILES string of the molecule is COc1cc(N2C(=O)N(C3CCC(C(N)=O)CC3)Cc3c2cccc3C(F)(F)F)ccc1C. The highest BCUT2D eigenvalue weighted by Gasteiger charge is 2.42. The zero-order valence-electron chi connectivity index (χ0n) is 18.5. The number of nitrogens with zero attached hydrogens (tertiary/aromatic N) is 2. The smallest absolute Gasteiger partial charge is 0.416 e. The highest BCUT2D eigenvalue weighted by atomic mass is 19.4. The lowest BCUT2D eigenvalue weighted by atomic mass is 9.84. The number of nitrogens with two attached hydrogens (primary N) is 1. The predicted molar refractivity (Wildman–Crippen MR) is 117 cm³/mol. The van der Waals surface area contributed by atoms with Gasteiger partial charge in [0, 0.05) is 23.6 Å². The molecule has 1 aliphatic heterocycles. The molecule has 0 atom stereocenters. The van der Waals surface area contributed by atoms with Gasteiger partial charge in [0.2, 0.25) is 5.91 Å². The third-order valence-corrected chi connectivity index (χ3v) is 6.65. The quantitative estimate of drug-likeness (QED) is 0.685. The van der Waals surface area contributed by atoms with E-state index in [1.54, 1.807) is 18.2 Å². The summed E-state index contributed by atoms with van der Waals surface area (Å²) in [6.45, 7) is 1.70. The number of benzene rings is 2. The molecule has 3 amide bonds. The van der Waals surface area contributed by atoms with Crippen LogP contribution >= 0.6 is 0 Å². The summed E-state index contributed by atoms with van der Waals surface area (Å²) in [5.41, 5.74) is 6.21. The topological polar surface area (TPSA) is 75.9 Å². The lowest BCUT2D eigenvalue weighted by Gasteiger charge is -2.43. The minimum absolute atomic E-state index is 0.0566. The number of amides is 3. The molecule has 1 aliphatic carbocycles. The van der Waals surface area contributed by atoms with E-state index >= 15 is 0 Å². The van der Waals surface area contributed by atoms with Gasteiger partial charge in [-0.15, -0.1) is 0 Å². The molecule has 6 nitrogen and oxygen atoms in total. The van der Waals surface area contributed by atoms with Crippen LogP contribution in [0.4, 0.5) is 29.3 Å². The lowest BCUT2D eigenvalue weighted by molar-refractivity contribution is -0.138. The monoisotopic (exact) mass is 461 g/mol. The Morgan fingerprint density at radius 3 is 2.42 bits per heavy atom. The Labute approximate surface area is 190 Å². The average molecular weight is 461 g/mol. The summed E-state index contributed by atoms with van der Waals surface area (Å²) in [5.74, 6) is -0.110. The molecule has 176 valence electrons. The Balaban J connectivity index is 1.79. The molecule has 2 aromatic carbocycles. The van der Waals surface area contributed by atoms with Crippen LogP contribution in [0.3, 0.4) is 0 Å². The zero-order valence-corrected chi connectivity index (χ0v) is 18.5. The van der Waals surface area contributed by atoms with Gasteiger partial charge in [-0.2, -0.15) is 13.2 Å². The third kappa shape index (κ3) is 4.24. The number of carbonyl (C=O) groups is 2. The fourth-order valence-corrected chi connectivity index (χ4v) is 4.84. The van der Waals surface area contributed by atoms with Gasteiger partial charge < -0.3 is 15.4 Å². The zero-order chi connectivity index (χ0) is 23.9. The molecule has 9 heteroatoms. The molecule has 33 heavy (non-hydrogen) atoms. The number of halogens is 3. The Morgan fingerprint density at radius 1 is 1.12 bits per heavy atom. The maximum atomic E-state index is 13.9. The minimum atomic E-state index is -4.56. The molecular weight excluding hydrogens is 435 g/mol. The van der Waals surface area contributed by atoms with Crippen LogP contribution in [0.15, 0.2) is 36.4 Å². The van der Waals surface area contributed by atoms with Crippen LogP contribution in [0, 0.1) is 12.8 Å². The standard InChI is InChI=1S/C24H26F3N3O3/c1-14-6-9-17(12-21(14)33-2)30-20-5-3-4-19(24(25,26)27)18(20)13-29(23(30)32)16-10-7-15(8-11-16)22(28)31/h3-6,9,12,15-16H,7-8,10-11,13H2,1-2H3,(H2,28,31). The van der Waals surface area contributed by atoms with Crippen molar-refractivity contribution in [1.82, 2.24) is 4.90 Å². The average Bonchev–Trinajstić information content (AvgIpc) is 2.78. The van der Waals surface area contributed by atoms with Gasteiger partial charge in [0.05, 0.1) is 30.6 Å². The van der Waals surface area contributed by atoms with Gasteiger partial charge in [-0.25, -0.2) is 4.79 Å². The molecule has 0 aromatic heterocycles. The number of carbonyl (C=O) groups excluding carboxylic acids is 2. The van der Waals surface area contributed by atoms with Crippen molar-refractivity contribution in [2.24, 2.45) is 11.7 Å². The van der Waals surface area contributed by atoms with E-state index in [1.165, 1.54) is 29.0 Å². The second-order valence-electron chi connectivity index (χ2n) is 8.61. The molecule has 0 radical (unpaired) electrons. The predicted octanol–water partition coefficient (Wildman–Crippen LogP) is 5.14. The molecule has 1 saturated carbocycles. The molecule has 4 rings (SSSR count). The number of rotatable bonds is 4. The molecule has 0 unspecified atom stereocenters. The van der Waals surface area contributed by atoms with E-state index in [0.717, 1.165) is 11.6 Å². The Bertz CT molecular complexity index is 1080. The molecule has 0 bridgehead atoms. The van der Waals surface area contributed by atoms with Gasteiger partial charge in [0.1, 0.15) is 5.75 Å². The number of aryl methyl sites for hydroxylation is 1. The Morgan fingerprint density at radius 2 is 1.82 bits per heavy atom. The molecule has 2 aromatic rings. The first-order valence-corrected chi connectivity index (χ1v) is 10.9. The van der Waals surface area contributed by atoms with E-state index < -0.39 is 17.8 Å². The van der Waals surface area contributed by atoms with Crippen molar-refractivity contribution in [2.75, 3.05) is 12.0 Å². The van der Waals surface area contributed by atoms with Crippen molar-refractivity contribution in [1.29, 1.82) is 0 Å². The van der Waals surface area contributed by atoms with E-state index in [1.807, 2.05) is 6.92 Å². The normalized spacial score (nSPS) is 21.1. The van der Waals surface area contributed by atoms with Crippen LogP contribution in [0.5, 0.6) is 5.75 Å². The number of urea groups is 1. The summed E-state index contributed by atoms with van der Waals surface area (Å²) < 4.78 is 47.1. The van der Waals surface area contributed by atoms with Crippen LogP contribution in [-0.2, 0) is 17.5 Å². The highest BCUT2D eigenvalue weighted by molar-refractivity contribution is 6.02. The molecule has 2 N–H and O–H groups in total. The first-order valence-electron chi connectivity index (χ1n) is 10.9. The number of fused-ring (bicyclic) bond motifs is 1. The Kier molecular flexibility index (Phi) is 5.99. The van der Waals surface area contributed by atoms with Crippen LogP contribution in [0.25, 0.3) is 0 Å². The summed E-state index contributed by atoms with van der Waals surface area (Å²) in [6.07, 6.45) is -2.52. The molecule has 0 spiro atoms. The summed E-state index contributed by atoms with van der Waals surface area (Å²) in [6, 6.07) is 8.36. The number of primary amides is 1. The van der Waals surface area contributed by atoms with Gasteiger partial charge in [0.15, 0.2) is 0 Å². The third-order valence-electron chi connectivity index (χ3n) is 6.65. The second-order valence-corrected chi connectivity index (χ2v) is 8.61. The van der Waals surface area contributed by atoms with Gasteiger partial charge in [0.25, 0.3) is 0 Å². The molecular formula is C24H26F3N3O3. The summed E-state index contributed by atoms with van der Waals surface area (Å²) >= 11 is 0. The van der Waals surface area contributed by atoms with Crippen molar-refractivity contribution in [3.63, 3.8) is 0 Å². The molecule has 1 fully saturated rings. The van der Waals surface area contributed by atoms with Gasteiger partial charge in [-0.1, -0.05) is 12.1 Å². The van der Waals surface area contributed by atoms with E-state index in [9.17, 15) is 22.8 Å².